The van der Waals surface area contributed by atoms with Gasteiger partial charge in [0.15, 0.2) is 0 Å². The van der Waals surface area contributed by atoms with Crippen molar-refractivity contribution in [2.75, 3.05) is 6.54 Å². The molecule has 1 aromatic heterocycles. The highest BCUT2D eigenvalue weighted by Gasteiger charge is 2.28. The van der Waals surface area contributed by atoms with E-state index in [0.717, 1.165) is 83.1 Å². The number of aliphatic carboxylic acids is 1. The van der Waals surface area contributed by atoms with E-state index in [0.29, 0.717) is 13.1 Å². The van der Waals surface area contributed by atoms with Crippen LogP contribution in [-0.2, 0) is 29.7 Å². The van der Waals surface area contributed by atoms with Crippen molar-refractivity contribution < 1.29 is 14.7 Å². The monoisotopic (exact) mass is 564 g/mol. The quantitative estimate of drug-likeness (QED) is 0.293. The molecule has 5 aliphatic rings. The minimum Gasteiger partial charge on any atom is -0.481 e. The Morgan fingerprint density at radius 2 is 1.83 bits per heavy atom. The third kappa shape index (κ3) is 5.21. The maximum Gasteiger partial charge on any atom is 0.304 e. The fraction of sp³-hybridized carbons (Fsp3) is 0.429. The van der Waals surface area contributed by atoms with Crippen LogP contribution >= 0.6 is 0 Å². The standard InChI is InChI=1S/C35H40N4O3/c1-22-18-27-10-11-28(22)34(42)38-17-14-24-8-9-25(19-26(24)21-38)30(20-32(40)41)29-12-13-31-33(23(29)2)36-37-39(31)16-7-5-6-15-35(27,3)4/h8-13,18-19,30H,5-7,14-17,20-21H2,1-4H3,(H,40,41). The number of aromatic nitrogens is 3. The molecule has 5 aliphatic heterocycles. The van der Waals surface area contributed by atoms with Gasteiger partial charge in [-0.25, -0.2) is 4.68 Å². The molecule has 1 N–H and O–H groups in total. The van der Waals surface area contributed by atoms with E-state index in [1.807, 2.05) is 35.6 Å². The molecule has 7 heteroatoms. The van der Waals surface area contributed by atoms with Gasteiger partial charge in [-0.05, 0) is 89.6 Å². The fourth-order valence-electron chi connectivity index (χ4n) is 6.92. The molecule has 0 saturated carbocycles. The van der Waals surface area contributed by atoms with Crippen molar-refractivity contribution in [1.29, 1.82) is 0 Å². The van der Waals surface area contributed by atoms with E-state index < -0.39 is 5.97 Å². The summed E-state index contributed by atoms with van der Waals surface area (Å²) in [5, 5.41) is 18.9. The summed E-state index contributed by atoms with van der Waals surface area (Å²) in [7, 11) is 0. The second kappa shape index (κ2) is 11.0. The Morgan fingerprint density at radius 3 is 2.62 bits per heavy atom. The summed E-state index contributed by atoms with van der Waals surface area (Å²) >= 11 is 0. The van der Waals surface area contributed by atoms with E-state index in [4.69, 9.17) is 0 Å². The molecule has 9 rings (SSSR count). The molecule has 1 unspecified atom stereocenters. The van der Waals surface area contributed by atoms with Gasteiger partial charge >= 0.3 is 5.97 Å². The van der Waals surface area contributed by atoms with Crippen molar-refractivity contribution in [2.45, 2.75) is 90.6 Å². The number of rotatable bonds is 2. The fourth-order valence-corrected chi connectivity index (χ4v) is 6.92. The van der Waals surface area contributed by atoms with Crippen LogP contribution in [0.2, 0.25) is 0 Å². The molecule has 42 heavy (non-hydrogen) atoms. The number of aryl methyl sites for hydroxylation is 3. The van der Waals surface area contributed by atoms with Crippen LogP contribution < -0.4 is 0 Å². The predicted octanol–water partition coefficient (Wildman–Crippen LogP) is 6.70. The van der Waals surface area contributed by atoms with Gasteiger partial charge in [0, 0.05) is 31.1 Å². The zero-order chi connectivity index (χ0) is 29.6. The van der Waals surface area contributed by atoms with Crippen molar-refractivity contribution in [3.8, 4) is 0 Å². The number of benzene rings is 3. The Bertz CT molecular complexity index is 1690. The number of carboxylic acids is 1. The molecule has 0 fully saturated rings. The first kappa shape index (κ1) is 28.1. The predicted molar refractivity (Wildman–Crippen MR) is 164 cm³/mol. The Balaban J connectivity index is 1.44. The third-order valence-electron chi connectivity index (χ3n) is 9.58. The number of amides is 1. The SMILES string of the molecule is Cc1cc2ccc1C(=O)N1CCc3ccc(cc3C1)C(CC(=O)O)c1ccc3c(nnn3CCCCCC2(C)C)c1C. The van der Waals surface area contributed by atoms with Crippen LogP contribution in [0.3, 0.4) is 0 Å². The molecule has 218 valence electrons. The second-order valence-electron chi connectivity index (χ2n) is 12.8. The highest BCUT2D eigenvalue weighted by molar-refractivity contribution is 5.96. The van der Waals surface area contributed by atoms with Crippen LogP contribution in [0, 0.1) is 13.8 Å². The average molecular weight is 565 g/mol. The van der Waals surface area contributed by atoms with Crippen LogP contribution in [-0.4, -0.2) is 43.4 Å². The topological polar surface area (TPSA) is 88.3 Å². The lowest BCUT2D eigenvalue weighted by Gasteiger charge is -2.31. The van der Waals surface area contributed by atoms with Gasteiger partial charge in [-0.3, -0.25) is 9.59 Å². The first-order valence-corrected chi connectivity index (χ1v) is 15.2. The Kier molecular flexibility index (Phi) is 7.37. The summed E-state index contributed by atoms with van der Waals surface area (Å²) in [4.78, 5) is 27.8. The van der Waals surface area contributed by atoms with E-state index in [1.165, 1.54) is 11.1 Å². The Morgan fingerprint density at radius 1 is 1.00 bits per heavy atom. The smallest absolute Gasteiger partial charge is 0.304 e. The van der Waals surface area contributed by atoms with Gasteiger partial charge < -0.3 is 10.0 Å². The van der Waals surface area contributed by atoms with Crippen LogP contribution in [0.5, 0.6) is 0 Å². The Labute approximate surface area is 247 Å². The summed E-state index contributed by atoms with van der Waals surface area (Å²) in [6.45, 7) is 10.6. The van der Waals surface area contributed by atoms with E-state index in [1.54, 1.807) is 0 Å². The minimum absolute atomic E-state index is 0.0176. The van der Waals surface area contributed by atoms with E-state index >= 15 is 0 Å². The highest BCUT2D eigenvalue weighted by Crippen LogP contribution is 2.36. The largest absolute Gasteiger partial charge is 0.481 e. The lowest BCUT2D eigenvalue weighted by atomic mass is 9.79. The molecule has 4 aromatic rings. The van der Waals surface area contributed by atoms with Gasteiger partial charge in [0.2, 0.25) is 0 Å². The average Bonchev–Trinajstić information content (AvgIpc) is 3.38. The lowest BCUT2D eigenvalue weighted by molar-refractivity contribution is -0.137. The number of nitrogens with zero attached hydrogens (tertiary/aromatic N) is 4. The zero-order valence-electron chi connectivity index (χ0n) is 25.1. The Hall–Kier alpha value is -4.00. The lowest BCUT2D eigenvalue weighted by Crippen LogP contribution is -2.36. The molecule has 9 bridgehead atoms. The molecule has 0 aliphatic carbocycles. The number of carboxylic acid groups (broad SMARTS) is 1. The van der Waals surface area contributed by atoms with Crippen molar-refractivity contribution in [3.05, 3.63) is 93.0 Å². The molecule has 1 amide bonds. The maximum atomic E-state index is 13.8. The molecule has 1 atom stereocenters. The molecule has 0 radical (unpaired) electrons. The minimum atomic E-state index is -0.846. The normalized spacial score (nSPS) is 18.9. The van der Waals surface area contributed by atoms with Crippen LogP contribution in [0.1, 0.15) is 101 Å². The van der Waals surface area contributed by atoms with Gasteiger partial charge in [-0.2, -0.15) is 0 Å². The third-order valence-corrected chi connectivity index (χ3v) is 9.58. The highest BCUT2D eigenvalue weighted by atomic mass is 16.4. The first-order chi connectivity index (χ1) is 20.1. The van der Waals surface area contributed by atoms with Gasteiger partial charge in [0.1, 0.15) is 5.52 Å². The summed E-state index contributed by atoms with van der Waals surface area (Å²) < 4.78 is 1.99. The number of carbonyl (C=O) groups is 2. The van der Waals surface area contributed by atoms with Crippen molar-refractivity contribution in [2.24, 2.45) is 0 Å². The zero-order valence-corrected chi connectivity index (χ0v) is 25.1. The molecular weight excluding hydrogens is 524 g/mol. The molecular formula is C35H40N4O3. The van der Waals surface area contributed by atoms with Gasteiger partial charge in [0.05, 0.1) is 11.9 Å². The van der Waals surface area contributed by atoms with Crippen molar-refractivity contribution in [1.82, 2.24) is 19.9 Å². The van der Waals surface area contributed by atoms with E-state index in [-0.39, 0.29) is 23.7 Å². The molecule has 3 aromatic carbocycles. The van der Waals surface area contributed by atoms with Crippen LogP contribution in [0.15, 0.2) is 48.5 Å². The molecule has 7 nitrogen and oxygen atoms in total. The molecule has 0 saturated heterocycles. The molecule has 6 heterocycles. The number of hydrogen-bond donors (Lipinski definition) is 1. The summed E-state index contributed by atoms with van der Waals surface area (Å²) in [6.07, 6.45) is 5.02. The van der Waals surface area contributed by atoms with E-state index in [9.17, 15) is 14.7 Å². The number of carbonyl (C=O) groups excluding carboxylic acids is 1. The first-order valence-electron chi connectivity index (χ1n) is 15.2. The van der Waals surface area contributed by atoms with Crippen molar-refractivity contribution >= 4 is 22.9 Å². The van der Waals surface area contributed by atoms with Gasteiger partial charge in [-0.15, -0.1) is 5.10 Å². The number of hydrogen-bond acceptors (Lipinski definition) is 4. The van der Waals surface area contributed by atoms with Crippen LogP contribution in [0.25, 0.3) is 11.0 Å². The van der Waals surface area contributed by atoms with Gasteiger partial charge in [0.25, 0.3) is 5.91 Å². The summed E-state index contributed by atoms with van der Waals surface area (Å²) in [5.41, 5.74) is 10.1. The van der Waals surface area contributed by atoms with Gasteiger partial charge in [-0.1, -0.05) is 68.3 Å². The molecule has 0 spiro atoms. The summed E-state index contributed by atoms with van der Waals surface area (Å²) in [5.74, 6) is -1.12. The van der Waals surface area contributed by atoms with E-state index in [2.05, 4.69) is 60.6 Å². The van der Waals surface area contributed by atoms with Crippen molar-refractivity contribution in [3.63, 3.8) is 0 Å². The maximum absolute atomic E-state index is 13.8. The summed E-state index contributed by atoms with van der Waals surface area (Å²) in [6, 6.07) is 16.7. The van der Waals surface area contributed by atoms with Crippen LogP contribution in [0.4, 0.5) is 0 Å². The second-order valence-corrected chi connectivity index (χ2v) is 12.8.